The van der Waals surface area contributed by atoms with Crippen molar-refractivity contribution in [2.45, 2.75) is 25.8 Å². The molecule has 0 radical (unpaired) electrons. The summed E-state index contributed by atoms with van der Waals surface area (Å²) in [5.74, 6) is 0.139. The van der Waals surface area contributed by atoms with Crippen LogP contribution in [0.3, 0.4) is 0 Å². The Morgan fingerprint density at radius 3 is 2.85 bits per heavy atom. The largest absolute Gasteiger partial charge is 0.486 e. The predicted octanol–water partition coefficient (Wildman–Crippen LogP) is 4.62. The van der Waals surface area contributed by atoms with Crippen LogP contribution in [0.1, 0.15) is 35.8 Å². The zero-order valence-corrected chi connectivity index (χ0v) is 16.1. The Morgan fingerprint density at radius 1 is 1.38 bits per heavy atom. The highest BCUT2D eigenvalue weighted by atomic mass is 35.5. The summed E-state index contributed by atoms with van der Waals surface area (Å²) >= 11 is 13.5. The Bertz CT molecular complexity index is 950. The second kappa shape index (κ2) is 6.68. The van der Waals surface area contributed by atoms with Gasteiger partial charge in [-0.05, 0) is 31.1 Å². The molecule has 26 heavy (non-hydrogen) atoms. The molecule has 1 amide bonds. The van der Waals surface area contributed by atoms with E-state index in [1.54, 1.807) is 30.0 Å². The van der Waals surface area contributed by atoms with Gasteiger partial charge in [-0.3, -0.25) is 14.5 Å². The van der Waals surface area contributed by atoms with Crippen molar-refractivity contribution in [2.75, 3.05) is 11.5 Å². The van der Waals surface area contributed by atoms with Crippen LogP contribution >= 0.6 is 34.5 Å². The second-order valence-corrected chi connectivity index (χ2v) is 7.82. The lowest BCUT2D eigenvalue weighted by atomic mass is 9.99. The first-order valence-electron chi connectivity index (χ1n) is 8.07. The van der Waals surface area contributed by atoms with Crippen LogP contribution in [0.5, 0.6) is 5.75 Å². The fraction of sp³-hybridized carbons (Fsp3) is 0.278. The Kier molecular flexibility index (Phi) is 4.50. The maximum Gasteiger partial charge on any atom is 0.225 e. The first-order valence-corrected chi connectivity index (χ1v) is 9.70. The van der Waals surface area contributed by atoms with E-state index in [4.69, 9.17) is 27.9 Å². The molecule has 2 aliphatic rings. The van der Waals surface area contributed by atoms with Crippen molar-refractivity contribution in [3.05, 3.63) is 44.4 Å². The maximum absolute atomic E-state index is 12.7. The lowest BCUT2D eigenvalue weighted by molar-refractivity contribution is -0.116. The second-order valence-electron chi connectivity index (χ2n) is 6.20. The Labute approximate surface area is 164 Å². The third-order valence-electron chi connectivity index (χ3n) is 4.25. The van der Waals surface area contributed by atoms with Crippen LogP contribution < -0.4 is 9.64 Å². The molecule has 4 rings (SSSR count). The molecule has 0 saturated heterocycles. The van der Waals surface area contributed by atoms with Gasteiger partial charge in [0.15, 0.2) is 16.7 Å². The molecule has 0 spiro atoms. The third kappa shape index (κ3) is 3.13. The fourth-order valence-corrected chi connectivity index (χ4v) is 4.12. The van der Waals surface area contributed by atoms with Gasteiger partial charge in [0.1, 0.15) is 11.6 Å². The van der Waals surface area contributed by atoms with E-state index in [9.17, 15) is 9.59 Å². The number of carbonyl (C=O) groups is 2. The van der Waals surface area contributed by atoms with E-state index in [1.165, 1.54) is 11.3 Å². The molecule has 2 aromatic rings. The number of aromatic nitrogens is 1. The number of hydrogen-bond donors (Lipinski definition) is 0. The van der Waals surface area contributed by atoms with E-state index in [2.05, 4.69) is 4.98 Å². The summed E-state index contributed by atoms with van der Waals surface area (Å²) in [5.41, 5.74) is 1.50. The van der Waals surface area contributed by atoms with Gasteiger partial charge in [-0.1, -0.05) is 23.2 Å². The van der Waals surface area contributed by atoms with E-state index in [-0.39, 0.29) is 29.4 Å². The van der Waals surface area contributed by atoms with Crippen LogP contribution in [0, 0.1) is 0 Å². The number of amides is 1. The van der Waals surface area contributed by atoms with Crippen molar-refractivity contribution in [1.82, 2.24) is 4.98 Å². The molecular weight excluding hydrogens is 395 g/mol. The zero-order valence-electron chi connectivity index (χ0n) is 13.8. The number of fused-ring (bicyclic) bond motifs is 1. The van der Waals surface area contributed by atoms with E-state index in [1.807, 2.05) is 5.38 Å². The van der Waals surface area contributed by atoms with Crippen molar-refractivity contribution >= 4 is 57.4 Å². The highest BCUT2D eigenvalue weighted by molar-refractivity contribution is 7.14. The van der Waals surface area contributed by atoms with Gasteiger partial charge in [0.2, 0.25) is 5.91 Å². The molecule has 134 valence electrons. The van der Waals surface area contributed by atoms with Crippen molar-refractivity contribution in [1.29, 1.82) is 0 Å². The number of rotatable bonds is 3. The fourth-order valence-electron chi connectivity index (χ4n) is 2.86. The third-order valence-corrected chi connectivity index (χ3v) is 5.89. The van der Waals surface area contributed by atoms with Crippen LogP contribution in [0.25, 0.3) is 6.08 Å². The lowest BCUT2D eigenvalue weighted by Gasteiger charge is -2.20. The SMILES string of the molecule is CC(=O)N(c1nc(/C=C2/COc3c(ccc(Cl)c3Cl)C2=O)cs1)C1CC1. The molecule has 1 aromatic heterocycles. The minimum absolute atomic E-state index is 0.0152. The summed E-state index contributed by atoms with van der Waals surface area (Å²) in [4.78, 5) is 30.8. The molecule has 0 atom stereocenters. The number of ether oxygens (including phenoxy) is 1. The van der Waals surface area contributed by atoms with Crippen molar-refractivity contribution in [3.63, 3.8) is 0 Å². The van der Waals surface area contributed by atoms with Gasteiger partial charge in [0, 0.05) is 23.9 Å². The average molecular weight is 409 g/mol. The lowest BCUT2D eigenvalue weighted by Crippen LogP contribution is -2.30. The minimum atomic E-state index is -0.162. The molecule has 5 nitrogen and oxygen atoms in total. The van der Waals surface area contributed by atoms with Gasteiger partial charge >= 0.3 is 0 Å². The summed E-state index contributed by atoms with van der Waals surface area (Å²) in [6.07, 6.45) is 3.70. The van der Waals surface area contributed by atoms with Crippen molar-refractivity contribution in [2.24, 2.45) is 0 Å². The van der Waals surface area contributed by atoms with E-state index in [0.29, 0.717) is 32.7 Å². The van der Waals surface area contributed by atoms with Crippen LogP contribution in [-0.2, 0) is 4.79 Å². The molecule has 0 bridgehead atoms. The molecule has 1 aliphatic carbocycles. The van der Waals surface area contributed by atoms with Crippen LogP contribution in [0.4, 0.5) is 5.13 Å². The highest BCUT2D eigenvalue weighted by Gasteiger charge is 2.34. The molecular formula is C18H14Cl2N2O3S. The molecule has 0 N–H and O–H groups in total. The molecule has 1 fully saturated rings. The molecule has 0 unspecified atom stereocenters. The zero-order chi connectivity index (χ0) is 18.4. The summed E-state index contributed by atoms with van der Waals surface area (Å²) in [7, 11) is 0. The Balaban J connectivity index is 1.62. The van der Waals surface area contributed by atoms with Crippen molar-refractivity contribution in [3.8, 4) is 5.75 Å². The van der Waals surface area contributed by atoms with Gasteiger partial charge in [0.25, 0.3) is 0 Å². The number of ketones is 1. The van der Waals surface area contributed by atoms with Crippen LogP contribution in [-0.4, -0.2) is 29.3 Å². The minimum Gasteiger partial charge on any atom is -0.486 e. The van der Waals surface area contributed by atoms with Crippen LogP contribution in [0.15, 0.2) is 23.1 Å². The van der Waals surface area contributed by atoms with Gasteiger partial charge in [0.05, 0.1) is 16.3 Å². The summed E-state index contributed by atoms with van der Waals surface area (Å²) in [6, 6.07) is 3.43. The smallest absolute Gasteiger partial charge is 0.225 e. The number of carbonyl (C=O) groups excluding carboxylic acids is 2. The summed E-state index contributed by atoms with van der Waals surface area (Å²) in [5, 5.41) is 3.08. The Morgan fingerprint density at radius 2 is 2.15 bits per heavy atom. The quantitative estimate of drug-likeness (QED) is 0.694. The van der Waals surface area contributed by atoms with Gasteiger partial charge in [-0.15, -0.1) is 11.3 Å². The first-order chi connectivity index (χ1) is 12.5. The molecule has 2 heterocycles. The number of Topliss-reactive ketones (excluding diaryl/α,β-unsaturated/α-hetero) is 1. The molecule has 1 aliphatic heterocycles. The molecule has 1 saturated carbocycles. The molecule has 8 heteroatoms. The highest BCUT2D eigenvalue weighted by Crippen LogP contribution is 2.39. The van der Waals surface area contributed by atoms with E-state index >= 15 is 0 Å². The van der Waals surface area contributed by atoms with E-state index < -0.39 is 0 Å². The summed E-state index contributed by atoms with van der Waals surface area (Å²) in [6.45, 7) is 1.64. The number of anilines is 1. The number of nitrogens with zero attached hydrogens (tertiary/aromatic N) is 2. The normalized spacial score (nSPS) is 17.8. The first kappa shape index (κ1) is 17.5. The molecule has 1 aromatic carbocycles. The van der Waals surface area contributed by atoms with Gasteiger partial charge in [-0.2, -0.15) is 0 Å². The number of benzene rings is 1. The predicted molar refractivity (Wildman–Crippen MR) is 103 cm³/mol. The standard InChI is InChI=1S/C18H14Cl2N2O3S/c1-9(23)22(12-2-3-12)18-21-11(8-26-18)6-10-7-25-17-13(16(10)24)4-5-14(19)15(17)20/h4-6,8,12H,2-3,7H2,1H3/b10-6-. The monoisotopic (exact) mass is 408 g/mol. The van der Waals surface area contributed by atoms with Gasteiger partial charge in [-0.25, -0.2) is 4.98 Å². The average Bonchev–Trinajstić information content (AvgIpc) is 3.32. The van der Waals surface area contributed by atoms with Gasteiger partial charge < -0.3 is 4.74 Å². The van der Waals surface area contributed by atoms with E-state index in [0.717, 1.165) is 12.8 Å². The maximum atomic E-state index is 12.7. The Hall–Kier alpha value is -1.89. The summed E-state index contributed by atoms with van der Waals surface area (Å²) < 4.78 is 5.64. The number of halogens is 2. The topological polar surface area (TPSA) is 59.5 Å². The van der Waals surface area contributed by atoms with Crippen LogP contribution in [0.2, 0.25) is 10.0 Å². The number of hydrogen-bond acceptors (Lipinski definition) is 5. The van der Waals surface area contributed by atoms with Crippen molar-refractivity contribution < 1.29 is 14.3 Å². The number of thiazole rings is 1.